The van der Waals surface area contributed by atoms with Crippen LogP contribution in [0, 0.1) is 22.7 Å². The lowest BCUT2D eigenvalue weighted by Gasteiger charge is -2.23. The minimum Gasteiger partial charge on any atom is -0.333 e. The zero-order chi connectivity index (χ0) is 24.2. The average Bonchev–Trinajstić information content (AvgIpc) is 2.89. The van der Waals surface area contributed by atoms with Crippen LogP contribution in [0.15, 0.2) is 84.9 Å². The molecular formula is C28H26N4O2. The summed E-state index contributed by atoms with van der Waals surface area (Å²) < 4.78 is 0. The van der Waals surface area contributed by atoms with E-state index in [4.69, 9.17) is 10.5 Å². The molecule has 0 aliphatic rings. The fourth-order valence-corrected chi connectivity index (χ4v) is 3.60. The van der Waals surface area contributed by atoms with E-state index in [0.717, 1.165) is 11.1 Å². The number of carbonyl (C=O) groups is 2. The van der Waals surface area contributed by atoms with Gasteiger partial charge in [-0.3, -0.25) is 9.59 Å². The Labute approximate surface area is 200 Å². The van der Waals surface area contributed by atoms with Gasteiger partial charge in [-0.05, 0) is 35.4 Å². The summed E-state index contributed by atoms with van der Waals surface area (Å²) in [5.41, 5.74) is 2.87. The van der Waals surface area contributed by atoms with E-state index in [9.17, 15) is 9.59 Å². The lowest BCUT2D eigenvalue weighted by atomic mass is 10.1. The average molecular weight is 451 g/mol. The molecule has 3 rings (SSSR count). The van der Waals surface area contributed by atoms with Gasteiger partial charge in [0.25, 0.3) is 11.8 Å². The van der Waals surface area contributed by atoms with Gasteiger partial charge >= 0.3 is 0 Å². The molecule has 6 nitrogen and oxygen atoms in total. The Morgan fingerprint density at radius 3 is 1.26 bits per heavy atom. The van der Waals surface area contributed by atoms with E-state index >= 15 is 0 Å². The maximum atomic E-state index is 13.1. The van der Waals surface area contributed by atoms with E-state index in [0.29, 0.717) is 37.3 Å². The number of benzene rings is 3. The molecule has 0 aliphatic carbocycles. The second-order valence-corrected chi connectivity index (χ2v) is 7.82. The van der Waals surface area contributed by atoms with Crippen LogP contribution < -0.4 is 0 Å². The van der Waals surface area contributed by atoms with Gasteiger partial charge in [0, 0.05) is 37.3 Å². The van der Waals surface area contributed by atoms with E-state index in [1.165, 1.54) is 0 Å². The fourth-order valence-electron chi connectivity index (χ4n) is 3.60. The highest BCUT2D eigenvalue weighted by molar-refractivity contribution is 5.97. The lowest BCUT2D eigenvalue weighted by Crippen LogP contribution is -2.32. The van der Waals surface area contributed by atoms with Gasteiger partial charge in [0.2, 0.25) is 0 Å². The van der Waals surface area contributed by atoms with Crippen molar-refractivity contribution in [3.63, 3.8) is 0 Å². The molecule has 0 N–H and O–H groups in total. The Morgan fingerprint density at radius 1 is 0.588 bits per heavy atom. The molecule has 0 aliphatic heterocycles. The third-order valence-electron chi connectivity index (χ3n) is 5.37. The van der Waals surface area contributed by atoms with Crippen LogP contribution in [0.25, 0.3) is 0 Å². The van der Waals surface area contributed by atoms with Crippen molar-refractivity contribution in [1.82, 2.24) is 9.80 Å². The highest BCUT2D eigenvalue weighted by Crippen LogP contribution is 2.15. The summed E-state index contributed by atoms with van der Waals surface area (Å²) in [6.45, 7) is 1.45. The first-order valence-electron chi connectivity index (χ1n) is 11.1. The van der Waals surface area contributed by atoms with Gasteiger partial charge in [0.05, 0.1) is 25.0 Å². The van der Waals surface area contributed by atoms with Gasteiger partial charge in [-0.1, -0.05) is 60.7 Å². The van der Waals surface area contributed by atoms with Gasteiger partial charge in [-0.2, -0.15) is 10.5 Å². The van der Waals surface area contributed by atoms with Crippen molar-refractivity contribution < 1.29 is 9.59 Å². The summed E-state index contributed by atoms with van der Waals surface area (Å²) in [6.07, 6.45) is 0.477. The Kier molecular flexibility index (Phi) is 8.96. The molecular weight excluding hydrogens is 424 g/mol. The molecule has 6 heteroatoms. The van der Waals surface area contributed by atoms with Gasteiger partial charge in [0.15, 0.2) is 0 Å². The fraction of sp³-hybridized carbons (Fsp3) is 0.214. The van der Waals surface area contributed by atoms with Gasteiger partial charge in [0.1, 0.15) is 0 Å². The SMILES string of the molecule is N#CCCN(Cc1ccccc1)C(=O)c1ccc(C(=O)N(CCC#N)Cc2ccccc2)cc1. The molecule has 34 heavy (non-hydrogen) atoms. The zero-order valence-corrected chi connectivity index (χ0v) is 18.9. The Hall–Kier alpha value is -4.42. The van der Waals surface area contributed by atoms with Crippen LogP contribution >= 0.6 is 0 Å². The van der Waals surface area contributed by atoms with Crippen LogP contribution in [-0.2, 0) is 13.1 Å². The first-order chi connectivity index (χ1) is 16.6. The third-order valence-corrected chi connectivity index (χ3v) is 5.37. The number of nitrogens with zero attached hydrogens (tertiary/aromatic N) is 4. The Morgan fingerprint density at radius 2 is 0.941 bits per heavy atom. The molecule has 3 aromatic carbocycles. The summed E-state index contributed by atoms with van der Waals surface area (Å²) in [7, 11) is 0. The Balaban J connectivity index is 1.75. The maximum absolute atomic E-state index is 13.1. The van der Waals surface area contributed by atoms with Crippen molar-refractivity contribution in [2.75, 3.05) is 13.1 Å². The molecule has 0 atom stereocenters. The number of hydrogen-bond acceptors (Lipinski definition) is 4. The number of rotatable bonds is 10. The standard InChI is InChI=1S/C28H26N4O2/c29-17-7-19-31(21-23-9-3-1-4-10-23)27(33)25-13-15-26(16-14-25)28(34)32(20-8-18-30)22-24-11-5-2-6-12-24/h1-6,9-16H,7-8,19-22H2. The maximum Gasteiger partial charge on any atom is 0.254 e. The quantitative estimate of drug-likeness (QED) is 0.444. The third kappa shape index (κ3) is 6.79. The molecule has 0 fully saturated rings. The van der Waals surface area contributed by atoms with E-state index in [1.807, 2.05) is 60.7 Å². The molecule has 3 aromatic rings. The van der Waals surface area contributed by atoms with E-state index < -0.39 is 0 Å². The molecule has 0 heterocycles. The van der Waals surface area contributed by atoms with Crippen molar-refractivity contribution in [1.29, 1.82) is 10.5 Å². The largest absolute Gasteiger partial charge is 0.333 e. The van der Waals surface area contributed by atoms with E-state index in [-0.39, 0.29) is 24.7 Å². The molecule has 0 radical (unpaired) electrons. The normalized spacial score (nSPS) is 10.1. The van der Waals surface area contributed by atoms with Gasteiger partial charge < -0.3 is 9.80 Å². The molecule has 0 saturated carbocycles. The topological polar surface area (TPSA) is 88.2 Å². The summed E-state index contributed by atoms with van der Waals surface area (Å²) in [5.74, 6) is -0.382. The minimum absolute atomic E-state index is 0.191. The summed E-state index contributed by atoms with van der Waals surface area (Å²) in [5, 5.41) is 18.0. The second kappa shape index (κ2) is 12.6. The number of nitriles is 2. The highest BCUT2D eigenvalue weighted by atomic mass is 16.2. The van der Waals surface area contributed by atoms with Crippen LogP contribution in [0.3, 0.4) is 0 Å². The predicted octanol–water partition coefficient (Wildman–Crippen LogP) is 4.80. The monoisotopic (exact) mass is 450 g/mol. The van der Waals surface area contributed by atoms with Crippen molar-refractivity contribution in [3.8, 4) is 12.1 Å². The van der Waals surface area contributed by atoms with Crippen molar-refractivity contribution in [3.05, 3.63) is 107 Å². The number of hydrogen-bond donors (Lipinski definition) is 0. The van der Waals surface area contributed by atoms with Crippen LogP contribution in [0.2, 0.25) is 0 Å². The molecule has 170 valence electrons. The first kappa shape index (κ1) is 24.2. The van der Waals surface area contributed by atoms with Crippen LogP contribution in [0.5, 0.6) is 0 Å². The number of carbonyl (C=O) groups excluding carboxylic acids is 2. The molecule has 2 amide bonds. The summed E-state index contributed by atoms with van der Waals surface area (Å²) in [6, 6.07) is 30.0. The number of amides is 2. The van der Waals surface area contributed by atoms with E-state index in [1.54, 1.807) is 34.1 Å². The molecule has 0 spiro atoms. The van der Waals surface area contributed by atoms with Crippen molar-refractivity contribution in [2.24, 2.45) is 0 Å². The summed E-state index contributed by atoms with van der Waals surface area (Å²) >= 11 is 0. The van der Waals surface area contributed by atoms with Gasteiger partial charge in [-0.25, -0.2) is 0 Å². The van der Waals surface area contributed by atoms with Crippen LogP contribution in [0.1, 0.15) is 44.7 Å². The second-order valence-electron chi connectivity index (χ2n) is 7.82. The lowest BCUT2D eigenvalue weighted by molar-refractivity contribution is 0.0735. The molecule has 0 aromatic heterocycles. The molecule has 0 unspecified atom stereocenters. The van der Waals surface area contributed by atoms with Crippen LogP contribution in [0.4, 0.5) is 0 Å². The predicted molar refractivity (Wildman–Crippen MR) is 129 cm³/mol. The van der Waals surface area contributed by atoms with Gasteiger partial charge in [-0.15, -0.1) is 0 Å². The summed E-state index contributed by atoms with van der Waals surface area (Å²) in [4.78, 5) is 29.6. The van der Waals surface area contributed by atoms with Crippen molar-refractivity contribution in [2.45, 2.75) is 25.9 Å². The first-order valence-corrected chi connectivity index (χ1v) is 11.1. The zero-order valence-electron chi connectivity index (χ0n) is 18.9. The van der Waals surface area contributed by atoms with Crippen LogP contribution in [-0.4, -0.2) is 34.7 Å². The van der Waals surface area contributed by atoms with Crippen molar-refractivity contribution >= 4 is 11.8 Å². The smallest absolute Gasteiger partial charge is 0.254 e. The Bertz CT molecular complexity index is 1070. The highest BCUT2D eigenvalue weighted by Gasteiger charge is 2.19. The van der Waals surface area contributed by atoms with E-state index in [2.05, 4.69) is 12.1 Å². The molecule has 0 bridgehead atoms. The molecule has 0 saturated heterocycles. The minimum atomic E-state index is -0.191.